The van der Waals surface area contributed by atoms with E-state index in [0.717, 1.165) is 63.5 Å². The van der Waals surface area contributed by atoms with Crippen molar-refractivity contribution in [2.24, 2.45) is 10.9 Å². The Labute approximate surface area is 192 Å². The third kappa shape index (κ3) is 6.07. The van der Waals surface area contributed by atoms with Gasteiger partial charge in [0.25, 0.3) is 0 Å². The minimum absolute atomic E-state index is 0. The number of ether oxygens (including phenoxy) is 2. The van der Waals surface area contributed by atoms with E-state index in [1.165, 1.54) is 31.2 Å². The molecule has 0 radical (unpaired) electrons. The third-order valence-corrected chi connectivity index (χ3v) is 6.65. The molecule has 1 aliphatic carbocycles. The SMILES string of the molecule is CN=C(NCC1CCC(c2ccccc2)CC1)N1CCOC(C2CCCO2)C1.I. The molecule has 2 saturated heterocycles. The van der Waals surface area contributed by atoms with Gasteiger partial charge in [-0.05, 0) is 55.9 Å². The van der Waals surface area contributed by atoms with E-state index < -0.39 is 0 Å². The van der Waals surface area contributed by atoms with Gasteiger partial charge in [-0.2, -0.15) is 0 Å². The highest BCUT2D eigenvalue weighted by Gasteiger charge is 2.32. The molecule has 2 unspecified atom stereocenters. The van der Waals surface area contributed by atoms with Crippen LogP contribution in [0.25, 0.3) is 0 Å². The van der Waals surface area contributed by atoms with E-state index >= 15 is 0 Å². The summed E-state index contributed by atoms with van der Waals surface area (Å²) in [5, 5.41) is 3.65. The predicted molar refractivity (Wildman–Crippen MR) is 128 cm³/mol. The summed E-state index contributed by atoms with van der Waals surface area (Å²) in [4.78, 5) is 6.91. The highest BCUT2D eigenvalue weighted by molar-refractivity contribution is 14.0. The van der Waals surface area contributed by atoms with Gasteiger partial charge in [-0.1, -0.05) is 30.3 Å². The van der Waals surface area contributed by atoms with E-state index in [1.54, 1.807) is 0 Å². The van der Waals surface area contributed by atoms with Crippen molar-refractivity contribution in [3.8, 4) is 0 Å². The molecule has 1 aromatic carbocycles. The van der Waals surface area contributed by atoms with Gasteiger partial charge in [0.2, 0.25) is 0 Å². The van der Waals surface area contributed by atoms with E-state index in [2.05, 4.69) is 45.5 Å². The molecule has 3 aliphatic rings. The highest BCUT2D eigenvalue weighted by Crippen LogP contribution is 2.35. The lowest BCUT2D eigenvalue weighted by Gasteiger charge is -2.37. The van der Waals surface area contributed by atoms with Crippen LogP contribution in [0.3, 0.4) is 0 Å². The van der Waals surface area contributed by atoms with Crippen LogP contribution < -0.4 is 5.32 Å². The van der Waals surface area contributed by atoms with Gasteiger partial charge in [-0.3, -0.25) is 4.99 Å². The maximum Gasteiger partial charge on any atom is 0.193 e. The second kappa shape index (κ2) is 11.5. The van der Waals surface area contributed by atoms with Crippen molar-refractivity contribution in [3.63, 3.8) is 0 Å². The van der Waals surface area contributed by atoms with Crippen LogP contribution in [-0.4, -0.2) is 63.0 Å². The first-order valence-corrected chi connectivity index (χ1v) is 11.1. The van der Waals surface area contributed by atoms with Crippen molar-refractivity contribution < 1.29 is 9.47 Å². The fourth-order valence-corrected chi connectivity index (χ4v) is 4.98. The van der Waals surface area contributed by atoms with Crippen molar-refractivity contribution >= 4 is 29.9 Å². The van der Waals surface area contributed by atoms with Crippen molar-refractivity contribution in [3.05, 3.63) is 35.9 Å². The van der Waals surface area contributed by atoms with Gasteiger partial charge < -0.3 is 19.7 Å². The Hall–Kier alpha value is -0.860. The molecule has 2 atom stereocenters. The highest BCUT2D eigenvalue weighted by atomic mass is 127. The summed E-state index contributed by atoms with van der Waals surface area (Å²) < 4.78 is 11.8. The predicted octanol–water partition coefficient (Wildman–Crippen LogP) is 4.03. The van der Waals surface area contributed by atoms with Crippen LogP contribution in [0.4, 0.5) is 0 Å². The van der Waals surface area contributed by atoms with Crippen LogP contribution in [0.15, 0.2) is 35.3 Å². The summed E-state index contributed by atoms with van der Waals surface area (Å²) in [6.07, 6.45) is 7.90. The largest absolute Gasteiger partial charge is 0.375 e. The summed E-state index contributed by atoms with van der Waals surface area (Å²) in [5.74, 6) is 2.51. The van der Waals surface area contributed by atoms with E-state index in [9.17, 15) is 0 Å². The Kier molecular flexibility index (Phi) is 9.06. The molecule has 162 valence electrons. The molecule has 6 heteroatoms. The van der Waals surface area contributed by atoms with Gasteiger partial charge in [0.15, 0.2) is 5.96 Å². The van der Waals surface area contributed by atoms with Crippen molar-refractivity contribution in [1.82, 2.24) is 10.2 Å². The molecular weight excluding hydrogens is 477 g/mol. The lowest BCUT2D eigenvalue weighted by molar-refractivity contribution is -0.0817. The Bertz CT molecular complexity index is 628. The zero-order valence-corrected chi connectivity index (χ0v) is 19.9. The molecular formula is C23H36IN3O2. The molecule has 5 nitrogen and oxygen atoms in total. The molecule has 0 amide bonds. The maximum absolute atomic E-state index is 5.99. The molecule has 0 bridgehead atoms. The summed E-state index contributed by atoms with van der Waals surface area (Å²) >= 11 is 0. The molecule has 29 heavy (non-hydrogen) atoms. The standard InChI is InChI=1S/C23H35N3O2.HI/c1-24-23(26-13-15-28-22(17-26)21-8-5-14-27-21)25-16-18-9-11-20(12-10-18)19-6-3-2-4-7-19;/h2-4,6-7,18,20-22H,5,8-17H2,1H3,(H,24,25);1H. The maximum atomic E-state index is 5.99. The number of hydrogen-bond donors (Lipinski definition) is 1. The molecule has 2 aliphatic heterocycles. The molecule has 1 saturated carbocycles. The van der Waals surface area contributed by atoms with Crippen LogP contribution >= 0.6 is 24.0 Å². The summed E-state index contributed by atoms with van der Waals surface area (Å²) in [6, 6.07) is 11.0. The number of halogens is 1. The van der Waals surface area contributed by atoms with Gasteiger partial charge in [0, 0.05) is 33.3 Å². The van der Waals surface area contributed by atoms with Crippen LogP contribution in [0.1, 0.15) is 50.0 Å². The third-order valence-electron chi connectivity index (χ3n) is 6.65. The fraction of sp³-hybridized carbons (Fsp3) is 0.696. The number of guanidine groups is 1. The fourth-order valence-electron chi connectivity index (χ4n) is 4.98. The monoisotopic (exact) mass is 513 g/mol. The molecule has 3 fully saturated rings. The normalized spacial score (nSPS) is 30.7. The molecule has 0 aromatic heterocycles. The molecule has 1 N–H and O–H groups in total. The van der Waals surface area contributed by atoms with Gasteiger partial charge in [0.1, 0.15) is 6.10 Å². The van der Waals surface area contributed by atoms with E-state index in [4.69, 9.17) is 9.47 Å². The van der Waals surface area contributed by atoms with Crippen molar-refractivity contribution in [1.29, 1.82) is 0 Å². The smallest absolute Gasteiger partial charge is 0.193 e. The van der Waals surface area contributed by atoms with Gasteiger partial charge in [0.05, 0.1) is 12.7 Å². The lowest BCUT2D eigenvalue weighted by atomic mass is 9.79. The quantitative estimate of drug-likeness (QED) is 0.375. The first-order valence-electron chi connectivity index (χ1n) is 11.1. The van der Waals surface area contributed by atoms with Crippen molar-refractivity contribution in [2.75, 3.05) is 39.9 Å². The first-order chi connectivity index (χ1) is 13.8. The molecule has 2 heterocycles. The minimum atomic E-state index is 0. The Morgan fingerprint density at radius 1 is 1.03 bits per heavy atom. The van der Waals surface area contributed by atoms with Crippen LogP contribution in [0, 0.1) is 5.92 Å². The Morgan fingerprint density at radius 2 is 1.79 bits per heavy atom. The van der Waals surface area contributed by atoms with Crippen LogP contribution in [0.2, 0.25) is 0 Å². The summed E-state index contributed by atoms with van der Waals surface area (Å²) in [5.41, 5.74) is 1.51. The second-order valence-electron chi connectivity index (χ2n) is 8.46. The average Bonchev–Trinajstić information content (AvgIpc) is 3.31. The first kappa shape index (κ1) is 22.8. The topological polar surface area (TPSA) is 46.1 Å². The number of aliphatic imine (C=N–C) groups is 1. The molecule has 4 rings (SSSR count). The summed E-state index contributed by atoms with van der Waals surface area (Å²) in [7, 11) is 1.89. The molecule has 0 spiro atoms. The zero-order chi connectivity index (χ0) is 19.2. The van der Waals surface area contributed by atoms with Gasteiger partial charge in [-0.25, -0.2) is 0 Å². The lowest BCUT2D eigenvalue weighted by Crippen LogP contribution is -2.53. The van der Waals surface area contributed by atoms with Crippen LogP contribution in [-0.2, 0) is 9.47 Å². The minimum Gasteiger partial charge on any atom is -0.375 e. The number of nitrogens with one attached hydrogen (secondary N) is 1. The summed E-state index contributed by atoms with van der Waals surface area (Å²) in [6.45, 7) is 4.45. The number of rotatable bonds is 4. The molecule has 1 aromatic rings. The van der Waals surface area contributed by atoms with Gasteiger partial charge >= 0.3 is 0 Å². The Balaban J connectivity index is 0.00000240. The second-order valence-corrected chi connectivity index (χ2v) is 8.46. The van der Waals surface area contributed by atoms with E-state index in [1.807, 2.05) is 7.05 Å². The number of nitrogens with zero attached hydrogens (tertiary/aromatic N) is 2. The zero-order valence-electron chi connectivity index (χ0n) is 17.6. The Morgan fingerprint density at radius 3 is 2.48 bits per heavy atom. The number of benzene rings is 1. The van der Waals surface area contributed by atoms with Gasteiger partial charge in [-0.15, -0.1) is 24.0 Å². The number of hydrogen-bond acceptors (Lipinski definition) is 3. The van der Waals surface area contributed by atoms with Crippen molar-refractivity contribution in [2.45, 2.75) is 56.7 Å². The average molecular weight is 513 g/mol. The van der Waals surface area contributed by atoms with E-state index in [0.29, 0.717) is 0 Å². The van der Waals surface area contributed by atoms with Crippen LogP contribution in [0.5, 0.6) is 0 Å². The van der Waals surface area contributed by atoms with E-state index in [-0.39, 0.29) is 36.2 Å². The number of morpholine rings is 1.